The average molecular weight is 355 g/mol. The summed E-state index contributed by atoms with van der Waals surface area (Å²) in [6.07, 6.45) is 5.90. The Morgan fingerprint density at radius 1 is 1.31 bits per heavy atom. The van der Waals surface area contributed by atoms with Crippen molar-refractivity contribution < 1.29 is 9.59 Å². The van der Waals surface area contributed by atoms with Crippen LogP contribution in [0.5, 0.6) is 0 Å². The lowest BCUT2D eigenvalue weighted by molar-refractivity contribution is -0.132. The van der Waals surface area contributed by atoms with Gasteiger partial charge in [-0.2, -0.15) is 5.10 Å². The minimum Gasteiger partial charge on any atom is -0.352 e. The first kappa shape index (κ1) is 18.1. The molecule has 0 bridgehead atoms. The minimum atomic E-state index is -0.0611. The van der Waals surface area contributed by atoms with Gasteiger partial charge in [0.15, 0.2) is 0 Å². The summed E-state index contributed by atoms with van der Waals surface area (Å²) in [5.41, 5.74) is 2.93. The van der Waals surface area contributed by atoms with E-state index in [1.54, 1.807) is 12.4 Å². The molecule has 2 aromatic heterocycles. The van der Waals surface area contributed by atoms with E-state index in [1.807, 2.05) is 34.7 Å². The Hall–Kier alpha value is -2.70. The molecule has 7 nitrogen and oxygen atoms in total. The monoisotopic (exact) mass is 355 g/mol. The van der Waals surface area contributed by atoms with Crippen LogP contribution < -0.4 is 5.32 Å². The van der Waals surface area contributed by atoms with Crippen molar-refractivity contribution in [2.45, 2.75) is 52.2 Å². The molecule has 0 spiro atoms. The van der Waals surface area contributed by atoms with Crippen molar-refractivity contribution in [3.05, 3.63) is 47.5 Å². The number of nitrogens with one attached hydrogen (secondary N) is 1. The Kier molecular flexibility index (Phi) is 5.65. The Morgan fingerprint density at radius 3 is 2.81 bits per heavy atom. The maximum absolute atomic E-state index is 12.7. The second-order valence-corrected chi connectivity index (χ2v) is 6.69. The molecule has 0 aliphatic carbocycles. The summed E-state index contributed by atoms with van der Waals surface area (Å²) in [5.74, 6) is 0.0839. The number of likely N-dealkylation sites (tertiary alicyclic amines) is 1. The SMILES string of the molecule is CC(=O)NCc1ccc(C2CCCN2C(=O)CCn2nccc2C)nc1. The first-order valence-electron chi connectivity index (χ1n) is 9.02. The van der Waals surface area contributed by atoms with Crippen LogP contribution in [0.2, 0.25) is 0 Å². The fraction of sp³-hybridized carbons (Fsp3) is 0.474. The van der Waals surface area contributed by atoms with Crippen molar-refractivity contribution in [3.8, 4) is 0 Å². The standard InChI is InChI=1S/C19H25N5O2/c1-14-7-9-22-24(14)11-8-19(26)23-10-3-4-18(23)17-6-5-16(13-21-17)12-20-15(2)25/h5-7,9,13,18H,3-4,8,10-12H2,1-2H3,(H,20,25). The predicted octanol–water partition coefficient (Wildman–Crippen LogP) is 1.98. The van der Waals surface area contributed by atoms with Crippen molar-refractivity contribution in [1.82, 2.24) is 25.0 Å². The molecule has 1 saturated heterocycles. The largest absolute Gasteiger partial charge is 0.352 e. The molecule has 138 valence electrons. The molecule has 3 rings (SSSR count). The van der Waals surface area contributed by atoms with E-state index in [9.17, 15) is 9.59 Å². The second-order valence-electron chi connectivity index (χ2n) is 6.69. The van der Waals surface area contributed by atoms with Crippen LogP contribution in [0, 0.1) is 6.92 Å². The molecule has 1 unspecified atom stereocenters. The molecule has 7 heteroatoms. The third-order valence-corrected chi connectivity index (χ3v) is 4.77. The number of hydrogen-bond acceptors (Lipinski definition) is 4. The molecule has 1 aliphatic rings. The maximum atomic E-state index is 12.7. The number of amides is 2. The van der Waals surface area contributed by atoms with Gasteiger partial charge in [0, 0.05) is 51.1 Å². The number of aromatic nitrogens is 3. The Balaban J connectivity index is 1.61. The summed E-state index contributed by atoms with van der Waals surface area (Å²) >= 11 is 0. The number of carbonyl (C=O) groups excluding carboxylic acids is 2. The van der Waals surface area contributed by atoms with Crippen molar-refractivity contribution in [3.63, 3.8) is 0 Å². The number of hydrogen-bond donors (Lipinski definition) is 1. The van der Waals surface area contributed by atoms with E-state index in [2.05, 4.69) is 15.4 Å². The van der Waals surface area contributed by atoms with Gasteiger partial charge < -0.3 is 10.2 Å². The molecular weight excluding hydrogens is 330 g/mol. The predicted molar refractivity (Wildman–Crippen MR) is 97.0 cm³/mol. The molecule has 2 aromatic rings. The molecule has 0 aromatic carbocycles. The quantitative estimate of drug-likeness (QED) is 0.859. The van der Waals surface area contributed by atoms with Crippen molar-refractivity contribution >= 4 is 11.8 Å². The van der Waals surface area contributed by atoms with Crippen molar-refractivity contribution in [2.24, 2.45) is 0 Å². The van der Waals surface area contributed by atoms with Crippen LogP contribution in [0.15, 0.2) is 30.6 Å². The molecular formula is C19H25N5O2. The Labute approximate surface area is 153 Å². The molecule has 0 radical (unpaired) electrons. The highest BCUT2D eigenvalue weighted by atomic mass is 16.2. The van der Waals surface area contributed by atoms with Gasteiger partial charge in [-0.25, -0.2) is 0 Å². The van der Waals surface area contributed by atoms with Gasteiger partial charge in [0.25, 0.3) is 0 Å². The zero-order valence-corrected chi connectivity index (χ0v) is 15.3. The summed E-state index contributed by atoms with van der Waals surface area (Å²) in [5, 5.41) is 7.00. The summed E-state index contributed by atoms with van der Waals surface area (Å²) in [7, 11) is 0. The van der Waals surface area contributed by atoms with E-state index in [0.29, 0.717) is 19.5 Å². The van der Waals surface area contributed by atoms with Crippen LogP contribution >= 0.6 is 0 Å². The zero-order chi connectivity index (χ0) is 18.5. The number of aryl methyl sites for hydroxylation is 2. The number of carbonyl (C=O) groups is 2. The highest BCUT2D eigenvalue weighted by Crippen LogP contribution is 2.31. The molecule has 1 atom stereocenters. The van der Waals surface area contributed by atoms with Crippen LogP contribution in [0.3, 0.4) is 0 Å². The van der Waals surface area contributed by atoms with Gasteiger partial charge >= 0.3 is 0 Å². The van der Waals surface area contributed by atoms with E-state index >= 15 is 0 Å². The molecule has 1 N–H and O–H groups in total. The third kappa shape index (κ3) is 4.28. The van der Waals surface area contributed by atoms with Gasteiger partial charge in [0.1, 0.15) is 0 Å². The smallest absolute Gasteiger partial charge is 0.224 e. The van der Waals surface area contributed by atoms with Gasteiger partial charge in [-0.15, -0.1) is 0 Å². The maximum Gasteiger partial charge on any atom is 0.224 e. The van der Waals surface area contributed by atoms with Gasteiger partial charge in [-0.1, -0.05) is 6.07 Å². The van der Waals surface area contributed by atoms with Crippen molar-refractivity contribution in [2.75, 3.05) is 6.54 Å². The molecule has 1 aliphatic heterocycles. The summed E-state index contributed by atoms with van der Waals surface area (Å²) in [6, 6.07) is 5.91. The molecule has 1 fully saturated rings. The third-order valence-electron chi connectivity index (χ3n) is 4.77. The topological polar surface area (TPSA) is 80.1 Å². The molecule has 3 heterocycles. The summed E-state index contributed by atoms with van der Waals surface area (Å²) in [4.78, 5) is 30.2. The second kappa shape index (κ2) is 8.12. The van der Waals surface area contributed by atoms with Crippen LogP contribution in [0.1, 0.15) is 49.2 Å². The highest BCUT2D eigenvalue weighted by molar-refractivity contribution is 5.77. The van der Waals surface area contributed by atoms with Crippen LogP contribution in [-0.4, -0.2) is 38.0 Å². The van der Waals surface area contributed by atoms with E-state index in [-0.39, 0.29) is 17.9 Å². The lowest BCUT2D eigenvalue weighted by Gasteiger charge is -2.24. The Bertz CT molecular complexity index is 768. The van der Waals surface area contributed by atoms with Crippen LogP contribution in [0.4, 0.5) is 0 Å². The first-order chi connectivity index (χ1) is 12.5. The molecule has 0 saturated carbocycles. The number of nitrogens with zero attached hydrogens (tertiary/aromatic N) is 4. The van der Waals surface area contributed by atoms with Gasteiger partial charge in [0.2, 0.25) is 11.8 Å². The molecule has 2 amide bonds. The number of pyridine rings is 1. The van der Waals surface area contributed by atoms with E-state index in [1.165, 1.54) is 6.92 Å². The minimum absolute atomic E-state index is 0.0380. The normalized spacial score (nSPS) is 16.7. The summed E-state index contributed by atoms with van der Waals surface area (Å²) in [6.45, 7) is 5.33. The van der Waals surface area contributed by atoms with Gasteiger partial charge in [-0.3, -0.25) is 19.3 Å². The van der Waals surface area contributed by atoms with Crippen molar-refractivity contribution in [1.29, 1.82) is 0 Å². The summed E-state index contributed by atoms with van der Waals surface area (Å²) < 4.78 is 1.86. The van der Waals surface area contributed by atoms with Crippen LogP contribution in [-0.2, 0) is 22.7 Å². The average Bonchev–Trinajstić information content (AvgIpc) is 3.27. The lowest BCUT2D eigenvalue weighted by Crippen LogP contribution is -2.31. The van der Waals surface area contributed by atoms with E-state index < -0.39 is 0 Å². The first-order valence-corrected chi connectivity index (χ1v) is 9.02. The van der Waals surface area contributed by atoms with Gasteiger partial charge in [-0.05, 0) is 37.5 Å². The van der Waals surface area contributed by atoms with Gasteiger partial charge in [0.05, 0.1) is 11.7 Å². The van der Waals surface area contributed by atoms with E-state index in [4.69, 9.17) is 0 Å². The molecule has 26 heavy (non-hydrogen) atoms. The van der Waals surface area contributed by atoms with E-state index in [0.717, 1.165) is 36.3 Å². The highest BCUT2D eigenvalue weighted by Gasteiger charge is 2.30. The fourth-order valence-corrected chi connectivity index (χ4v) is 3.31. The Morgan fingerprint density at radius 2 is 2.15 bits per heavy atom. The zero-order valence-electron chi connectivity index (χ0n) is 15.3. The fourth-order valence-electron chi connectivity index (χ4n) is 3.31. The lowest BCUT2D eigenvalue weighted by atomic mass is 10.1. The number of rotatable bonds is 6. The van der Waals surface area contributed by atoms with Crippen LogP contribution in [0.25, 0.3) is 0 Å².